The molecule has 0 heterocycles. The van der Waals surface area contributed by atoms with Crippen LogP contribution in [0.2, 0.25) is 0 Å². The monoisotopic (exact) mass is 224 g/mol. The quantitative estimate of drug-likeness (QED) is 0.723. The molecule has 1 unspecified atom stereocenters. The van der Waals surface area contributed by atoms with E-state index in [-0.39, 0.29) is 17.4 Å². The maximum atomic E-state index is 12.1. The lowest BCUT2D eigenvalue weighted by Crippen LogP contribution is -2.49. The Hall–Kier alpha value is -0.570. The van der Waals surface area contributed by atoms with Crippen molar-refractivity contribution in [3.8, 4) is 0 Å². The lowest BCUT2D eigenvalue weighted by atomic mass is 9.65. The van der Waals surface area contributed by atoms with Crippen LogP contribution >= 0.6 is 0 Å². The van der Waals surface area contributed by atoms with Crippen LogP contribution in [0.4, 0.5) is 0 Å². The summed E-state index contributed by atoms with van der Waals surface area (Å²) in [5, 5.41) is 3.07. The molecular weight excluding hydrogens is 200 g/mol. The predicted molar refractivity (Wildman–Crippen MR) is 64.9 cm³/mol. The van der Waals surface area contributed by atoms with Crippen LogP contribution in [0.15, 0.2) is 0 Å². The fourth-order valence-electron chi connectivity index (χ4n) is 2.76. The van der Waals surface area contributed by atoms with Gasteiger partial charge in [0.05, 0.1) is 0 Å². The van der Waals surface area contributed by atoms with Crippen molar-refractivity contribution < 1.29 is 4.79 Å². The molecule has 2 saturated carbocycles. The second-order valence-electron chi connectivity index (χ2n) is 5.60. The molecule has 0 bridgehead atoms. The summed E-state index contributed by atoms with van der Waals surface area (Å²) in [6, 6.07) is 0.183. The molecule has 3 nitrogen and oxygen atoms in total. The highest BCUT2D eigenvalue weighted by Crippen LogP contribution is 2.45. The van der Waals surface area contributed by atoms with Crippen molar-refractivity contribution >= 4 is 5.91 Å². The molecule has 2 rings (SSSR count). The van der Waals surface area contributed by atoms with E-state index in [0.29, 0.717) is 12.5 Å². The van der Waals surface area contributed by atoms with Gasteiger partial charge >= 0.3 is 0 Å². The van der Waals surface area contributed by atoms with Gasteiger partial charge in [-0.2, -0.15) is 0 Å². The summed E-state index contributed by atoms with van der Waals surface area (Å²) in [6.07, 6.45) is 7.99. The van der Waals surface area contributed by atoms with Crippen molar-refractivity contribution in [2.24, 2.45) is 17.1 Å². The molecule has 3 heteroatoms. The number of nitrogens with one attached hydrogen (secondary N) is 1. The molecule has 0 aromatic rings. The molecule has 0 aliphatic heterocycles. The Morgan fingerprint density at radius 2 is 2.19 bits per heavy atom. The number of hydrogen-bond acceptors (Lipinski definition) is 2. The van der Waals surface area contributed by atoms with Crippen LogP contribution in [0.1, 0.15) is 51.9 Å². The first-order valence-electron chi connectivity index (χ1n) is 6.72. The van der Waals surface area contributed by atoms with Crippen molar-refractivity contribution in [1.29, 1.82) is 0 Å². The third-order valence-corrected chi connectivity index (χ3v) is 4.25. The van der Waals surface area contributed by atoms with Crippen molar-refractivity contribution in [1.82, 2.24) is 5.32 Å². The molecule has 2 fully saturated rings. The van der Waals surface area contributed by atoms with Crippen LogP contribution in [-0.4, -0.2) is 18.5 Å². The number of hydrogen-bond donors (Lipinski definition) is 2. The molecule has 2 aliphatic rings. The van der Waals surface area contributed by atoms with E-state index in [0.717, 1.165) is 25.7 Å². The summed E-state index contributed by atoms with van der Waals surface area (Å²) >= 11 is 0. The fourth-order valence-corrected chi connectivity index (χ4v) is 2.76. The first kappa shape index (κ1) is 11.9. The first-order valence-corrected chi connectivity index (χ1v) is 6.72. The Bertz CT molecular complexity index is 257. The topological polar surface area (TPSA) is 55.1 Å². The molecule has 2 aliphatic carbocycles. The molecule has 0 spiro atoms. The lowest BCUT2D eigenvalue weighted by Gasteiger charge is -2.40. The zero-order valence-corrected chi connectivity index (χ0v) is 10.3. The van der Waals surface area contributed by atoms with Gasteiger partial charge in [-0.05, 0) is 38.0 Å². The van der Waals surface area contributed by atoms with E-state index in [9.17, 15) is 4.79 Å². The highest BCUT2D eigenvalue weighted by molar-refractivity contribution is 5.83. The van der Waals surface area contributed by atoms with Gasteiger partial charge in [-0.25, -0.2) is 0 Å². The number of rotatable bonds is 6. The van der Waals surface area contributed by atoms with Gasteiger partial charge in [0.2, 0.25) is 5.91 Å². The SMILES string of the molecule is CCCC1(C(=O)NCC(N)C2CC2)CCC1. The van der Waals surface area contributed by atoms with E-state index in [1.165, 1.54) is 19.3 Å². The first-order chi connectivity index (χ1) is 7.68. The van der Waals surface area contributed by atoms with E-state index in [1.807, 2.05) is 0 Å². The summed E-state index contributed by atoms with van der Waals surface area (Å²) in [6.45, 7) is 2.83. The van der Waals surface area contributed by atoms with Crippen LogP contribution in [-0.2, 0) is 4.79 Å². The molecule has 0 aromatic carbocycles. The maximum absolute atomic E-state index is 12.1. The Balaban J connectivity index is 1.77. The Labute approximate surface area is 98.2 Å². The molecular formula is C13H24N2O. The van der Waals surface area contributed by atoms with Crippen molar-refractivity contribution in [2.75, 3.05) is 6.54 Å². The van der Waals surface area contributed by atoms with Gasteiger partial charge in [-0.15, -0.1) is 0 Å². The number of carbonyl (C=O) groups is 1. The lowest BCUT2D eigenvalue weighted by molar-refractivity contribution is -0.136. The van der Waals surface area contributed by atoms with Gasteiger partial charge in [0.15, 0.2) is 0 Å². The van der Waals surface area contributed by atoms with Crippen LogP contribution in [0, 0.1) is 11.3 Å². The van der Waals surface area contributed by atoms with E-state index in [1.54, 1.807) is 0 Å². The minimum absolute atomic E-state index is 0.0297. The van der Waals surface area contributed by atoms with Gasteiger partial charge in [0.1, 0.15) is 0 Å². The summed E-state index contributed by atoms with van der Waals surface area (Å²) in [5.74, 6) is 0.931. The van der Waals surface area contributed by atoms with Gasteiger partial charge in [-0.3, -0.25) is 4.79 Å². The van der Waals surface area contributed by atoms with E-state index < -0.39 is 0 Å². The maximum Gasteiger partial charge on any atom is 0.226 e. The smallest absolute Gasteiger partial charge is 0.226 e. The van der Waals surface area contributed by atoms with Crippen LogP contribution < -0.4 is 11.1 Å². The molecule has 3 N–H and O–H groups in total. The Morgan fingerprint density at radius 3 is 2.62 bits per heavy atom. The number of carbonyl (C=O) groups excluding carboxylic acids is 1. The average Bonchev–Trinajstić information content (AvgIpc) is 3.02. The van der Waals surface area contributed by atoms with Crippen LogP contribution in [0.3, 0.4) is 0 Å². The van der Waals surface area contributed by atoms with Gasteiger partial charge < -0.3 is 11.1 Å². The standard InChI is InChI=1S/C13H24N2O/c1-2-6-13(7-3-8-13)12(16)15-9-11(14)10-4-5-10/h10-11H,2-9,14H2,1H3,(H,15,16). The molecule has 0 aromatic heterocycles. The molecule has 92 valence electrons. The van der Waals surface area contributed by atoms with E-state index in [2.05, 4.69) is 12.2 Å². The van der Waals surface area contributed by atoms with Gasteiger partial charge in [0.25, 0.3) is 0 Å². The molecule has 1 atom stereocenters. The summed E-state index contributed by atoms with van der Waals surface area (Å²) in [5.41, 5.74) is 5.96. The second kappa shape index (κ2) is 4.74. The second-order valence-corrected chi connectivity index (χ2v) is 5.60. The minimum atomic E-state index is -0.0297. The van der Waals surface area contributed by atoms with Gasteiger partial charge in [-0.1, -0.05) is 19.8 Å². The summed E-state index contributed by atoms with van der Waals surface area (Å²) in [4.78, 5) is 12.1. The largest absolute Gasteiger partial charge is 0.354 e. The molecule has 0 radical (unpaired) electrons. The summed E-state index contributed by atoms with van der Waals surface area (Å²) in [7, 11) is 0. The van der Waals surface area contributed by atoms with Crippen molar-refractivity contribution in [3.05, 3.63) is 0 Å². The fraction of sp³-hybridized carbons (Fsp3) is 0.923. The zero-order chi connectivity index (χ0) is 11.6. The van der Waals surface area contributed by atoms with Crippen molar-refractivity contribution in [2.45, 2.75) is 57.9 Å². The van der Waals surface area contributed by atoms with Crippen LogP contribution in [0.5, 0.6) is 0 Å². The predicted octanol–water partition coefficient (Wildman–Crippen LogP) is 1.81. The van der Waals surface area contributed by atoms with Crippen molar-refractivity contribution in [3.63, 3.8) is 0 Å². The number of nitrogens with two attached hydrogens (primary N) is 1. The van der Waals surface area contributed by atoms with E-state index in [4.69, 9.17) is 5.73 Å². The third-order valence-electron chi connectivity index (χ3n) is 4.25. The Kier molecular flexibility index (Phi) is 3.53. The highest BCUT2D eigenvalue weighted by Gasteiger charge is 2.43. The molecule has 1 amide bonds. The average molecular weight is 224 g/mol. The minimum Gasteiger partial charge on any atom is -0.354 e. The summed E-state index contributed by atoms with van der Waals surface area (Å²) < 4.78 is 0. The van der Waals surface area contributed by atoms with Crippen LogP contribution in [0.25, 0.3) is 0 Å². The van der Waals surface area contributed by atoms with Gasteiger partial charge in [0, 0.05) is 18.0 Å². The normalized spacial score (nSPS) is 24.6. The van der Waals surface area contributed by atoms with E-state index >= 15 is 0 Å². The Morgan fingerprint density at radius 1 is 1.50 bits per heavy atom. The molecule has 0 saturated heterocycles. The highest BCUT2D eigenvalue weighted by atomic mass is 16.2. The number of amides is 1. The molecule has 16 heavy (non-hydrogen) atoms. The zero-order valence-electron chi connectivity index (χ0n) is 10.3. The third kappa shape index (κ3) is 2.40.